The summed E-state index contributed by atoms with van der Waals surface area (Å²) in [5, 5.41) is 0. The van der Waals surface area contributed by atoms with Gasteiger partial charge in [0.05, 0.1) is 16.6 Å². The first-order valence-electron chi connectivity index (χ1n) is 5.98. The van der Waals surface area contributed by atoms with E-state index in [4.69, 9.17) is 0 Å². The number of aryl methyl sites for hydroxylation is 2. The summed E-state index contributed by atoms with van der Waals surface area (Å²) in [6.45, 7) is 3.92. The number of H-pyrrole nitrogens is 1. The third-order valence-electron chi connectivity index (χ3n) is 3.38. The van der Waals surface area contributed by atoms with Gasteiger partial charge in [-0.2, -0.15) is 0 Å². The molecule has 0 bridgehead atoms. The summed E-state index contributed by atoms with van der Waals surface area (Å²) >= 11 is 0. The molecule has 0 aliphatic heterocycles. The predicted octanol–water partition coefficient (Wildman–Crippen LogP) is 4.12. The zero-order chi connectivity index (χ0) is 13.6. The molecule has 0 amide bonds. The van der Waals surface area contributed by atoms with Crippen LogP contribution in [-0.4, -0.2) is 9.97 Å². The fourth-order valence-electron chi connectivity index (χ4n) is 2.16. The van der Waals surface area contributed by atoms with E-state index in [2.05, 4.69) is 9.97 Å². The molecule has 0 aliphatic rings. The van der Waals surface area contributed by atoms with Crippen molar-refractivity contribution in [1.82, 2.24) is 9.97 Å². The second kappa shape index (κ2) is 4.16. The Balaban J connectivity index is 2.30. The second-order valence-electron chi connectivity index (χ2n) is 4.59. The van der Waals surface area contributed by atoms with E-state index in [1.807, 2.05) is 26.0 Å². The van der Waals surface area contributed by atoms with Gasteiger partial charge in [0.15, 0.2) is 0 Å². The van der Waals surface area contributed by atoms with E-state index in [1.165, 1.54) is 18.2 Å². The topological polar surface area (TPSA) is 28.7 Å². The van der Waals surface area contributed by atoms with E-state index in [0.717, 1.165) is 22.2 Å². The fourth-order valence-corrected chi connectivity index (χ4v) is 2.16. The van der Waals surface area contributed by atoms with Crippen LogP contribution in [0.1, 0.15) is 11.1 Å². The molecule has 0 saturated heterocycles. The highest BCUT2D eigenvalue weighted by molar-refractivity contribution is 5.83. The van der Waals surface area contributed by atoms with Crippen LogP contribution in [-0.2, 0) is 0 Å². The van der Waals surface area contributed by atoms with Gasteiger partial charge in [-0.05, 0) is 43.2 Å². The van der Waals surface area contributed by atoms with E-state index in [9.17, 15) is 8.78 Å². The molecule has 0 fully saturated rings. The van der Waals surface area contributed by atoms with E-state index < -0.39 is 11.6 Å². The van der Waals surface area contributed by atoms with Crippen LogP contribution in [0.2, 0.25) is 0 Å². The molecule has 3 rings (SSSR count). The minimum atomic E-state index is -0.617. The number of nitrogens with one attached hydrogen (secondary N) is 1. The monoisotopic (exact) mass is 258 g/mol. The summed E-state index contributed by atoms with van der Waals surface area (Å²) in [4.78, 5) is 7.30. The Labute approximate surface area is 109 Å². The van der Waals surface area contributed by atoms with Crippen LogP contribution < -0.4 is 0 Å². The van der Waals surface area contributed by atoms with Gasteiger partial charge in [-0.3, -0.25) is 0 Å². The molecule has 1 heterocycles. The molecule has 0 aliphatic carbocycles. The first kappa shape index (κ1) is 11.8. The smallest absolute Gasteiger partial charge is 0.144 e. The first-order valence-corrected chi connectivity index (χ1v) is 5.98. The van der Waals surface area contributed by atoms with Crippen LogP contribution in [0.5, 0.6) is 0 Å². The highest BCUT2D eigenvalue weighted by Crippen LogP contribution is 2.27. The number of hydrogen-bond donors (Lipinski definition) is 1. The summed E-state index contributed by atoms with van der Waals surface area (Å²) in [7, 11) is 0. The molecule has 2 aromatic carbocycles. The quantitative estimate of drug-likeness (QED) is 0.698. The second-order valence-corrected chi connectivity index (χ2v) is 4.59. The summed E-state index contributed by atoms with van der Waals surface area (Å²) in [6, 6.07) is 7.61. The number of fused-ring (bicyclic) bond motifs is 1. The van der Waals surface area contributed by atoms with Gasteiger partial charge in [-0.25, -0.2) is 13.8 Å². The van der Waals surface area contributed by atoms with Crippen LogP contribution in [0, 0.1) is 25.5 Å². The van der Waals surface area contributed by atoms with Crippen molar-refractivity contribution in [1.29, 1.82) is 0 Å². The minimum Gasteiger partial charge on any atom is -0.338 e. The normalized spacial score (nSPS) is 11.2. The van der Waals surface area contributed by atoms with E-state index in [-0.39, 0.29) is 11.4 Å². The molecule has 4 heteroatoms. The van der Waals surface area contributed by atoms with Crippen molar-refractivity contribution in [3.8, 4) is 11.4 Å². The largest absolute Gasteiger partial charge is 0.338 e. The van der Waals surface area contributed by atoms with Crippen LogP contribution >= 0.6 is 0 Å². The third kappa shape index (κ3) is 1.80. The van der Waals surface area contributed by atoms with Crippen molar-refractivity contribution in [2.24, 2.45) is 0 Å². The van der Waals surface area contributed by atoms with Gasteiger partial charge in [0.2, 0.25) is 0 Å². The van der Waals surface area contributed by atoms with Crippen LogP contribution in [0.3, 0.4) is 0 Å². The van der Waals surface area contributed by atoms with Crippen molar-refractivity contribution in [3.05, 3.63) is 53.1 Å². The van der Waals surface area contributed by atoms with Gasteiger partial charge < -0.3 is 4.98 Å². The molecular formula is C15H12F2N2. The highest BCUT2D eigenvalue weighted by atomic mass is 19.1. The number of halogens is 2. The lowest BCUT2D eigenvalue weighted by Gasteiger charge is -2.00. The molecule has 19 heavy (non-hydrogen) atoms. The Hall–Kier alpha value is -2.23. The Morgan fingerprint density at radius 1 is 1.00 bits per heavy atom. The Kier molecular flexibility index (Phi) is 2.59. The average molecular weight is 258 g/mol. The molecule has 3 aromatic rings. The van der Waals surface area contributed by atoms with Gasteiger partial charge >= 0.3 is 0 Å². The highest BCUT2D eigenvalue weighted by Gasteiger charge is 2.15. The number of rotatable bonds is 1. The summed E-state index contributed by atoms with van der Waals surface area (Å²) < 4.78 is 27.5. The van der Waals surface area contributed by atoms with Crippen LogP contribution in [0.15, 0.2) is 30.3 Å². The third-order valence-corrected chi connectivity index (χ3v) is 3.38. The summed E-state index contributed by atoms with van der Waals surface area (Å²) in [5.41, 5.74) is 3.52. The summed E-state index contributed by atoms with van der Waals surface area (Å²) in [5.74, 6) is -1.01. The average Bonchev–Trinajstić information content (AvgIpc) is 2.78. The molecule has 1 aromatic heterocycles. The molecule has 0 saturated carbocycles. The van der Waals surface area contributed by atoms with E-state index >= 15 is 0 Å². The maximum atomic E-state index is 13.7. The van der Waals surface area contributed by atoms with Crippen molar-refractivity contribution < 1.29 is 8.78 Å². The lowest BCUT2D eigenvalue weighted by molar-refractivity contribution is 0.588. The molecule has 0 radical (unpaired) electrons. The number of benzene rings is 2. The van der Waals surface area contributed by atoms with Crippen LogP contribution in [0.4, 0.5) is 8.78 Å². The standard InChI is InChI=1S/C15H12F2N2/c1-8-6-7-12-14(9(8)2)19-15(18-12)13-10(16)4-3-5-11(13)17/h3-7H,1-2H3,(H,18,19). The maximum absolute atomic E-state index is 13.7. The van der Waals surface area contributed by atoms with Crippen molar-refractivity contribution in [2.75, 3.05) is 0 Å². The van der Waals surface area contributed by atoms with Gasteiger partial charge in [0.25, 0.3) is 0 Å². The minimum absolute atomic E-state index is 0.115. The van der Waals surface area contributed by atoms with Gasteiger partial charge in [0.1, 0.15) is 17.5 Å². The first-order chi connectivity index (χ1) is 9.08. The molecule has 96 valence electrons. The molecular weight excluding hydrogens is 246 g/mol. The Morgan fingerprint density at radius 3 is 2.37 bits per heavy atom. The molecule has 0 atom stereocenters. The maximum Gasteiger partial charge on any atom is 0.144 e. The van der Waals surface area contributed by atoms with Crippen molar-refractivity contribution in [3.63, 3.8) is 0 Å². The Bertz CT molecular complexity index is 755. The predicted molar refractivity (Wildman–Crippen MR) is 70.9 cm³/mol. The van der Waals surface area contributed by atoms with E-state index in [1.54, 1.807) is 0 Å². The lowest BCUT2D eigenvalue weighted by atomic mass is 10.1. The number of hydrogen-bond acceptors (Lipinski definition) is 1. The molecule has 1 N–H and O–H groups in total. The molecule has 0 spiro atoms. The number of aromatic nitrogens is 2. The van der Waals surface area contributed by atoms with Crippen molar-refractivity contribution in [2.45, 2.75) is 13.8 Å². The van der Waals surface area contributed by atoms with Gasteiger partial charge in [-0.15, -0.1) is 0 Å². The zero-order valence-corrected chi connectivity index (χ0v) is 10.6. The number of nitrogens with zero attached hydrogens (tertiary/aromatic N) is 1. The van der Waals surface area contributed by atoms with Gasteiger partial charge in [-0.1, -0.05) is 12.1 Å². The SMILES string of the molecule is Cc1ccc2[nH]c(-c3c(F)cccc3F)nc2c1C. The zero-order valence-electron chi connectivity index (χ0n) is 10.6. The molecule has 2 nitrogen and oxygen atoms in total. The number of imidazole rings is 1. The molecule has 0 unspecified atom stereocenters. The van der Waals surface area contributed by atoms with Crippen LogP contribution in [0.25, 0.3) is 22.4 Å². The van der Waals surface area contributed by atoms with Gasteiger partial charge in [0, 0.05) is 0 Å². The number of aromatic amines is 1. The van der Waals surface area contributed by atoms with E-state index in [0.29, 0.717) is 0 Å². The fraction of sp³-hybridized carbons (Fsp3) is 0.133. The summed E-state index contributed by atoms with van der Waals surface area (Å²) in [6.07, 6.45) is 0. The lowest BCUT2D eigenvalue weighted by Crippen LogP contribution is -1.91. The Morgan fingerprint density at radius 2 is 1.68 bits per heavy atom. The van der Waals surface area contributed by atoms with Crippen molar-refractivity contribution >= 4 is 11.0 Å².